The minimum atomic E-state index is -3.67. The zero-order valence-corrected chi connectivity index (χ0v) is 16.8. The van der Waals surface area contributed by atoms with Crippen molar-refractivity contribution in [1.82, 2.24) is 4.72 Å². The molecule has 0 bridgehead atoms. The Kier molecular flexibility index (Phi) is 6.70. The predicted octanol–water partition coefficient (Wildman–Crippen LogP) is 1.38. The zero-order valence-electron chi connectivity index (χ0n) is 16.0. The van der Waals surface area contributed by atoms with Crippen molar-refractivity contribution < 1.29 is 27.7 Å². The van der Waals surface area contributed by atoms with Crippen LogP contribution in [0.5, 0.6) is 0 Å². The monoisotopic (exact) mass is 416 g/mol. The molecule has 0 spiro atoms. The molecule has 2 rings (SSSR count). The van der Waals surface area contributed by atoms with Crippen molar-refractivity contribution in [1.29, 1.82) is 0 Å². The number of hydroxylamine groups is 1. The molecule has 0 aliphatic carbocycles. The van der Waals surface area contributed by atoms with Gasteiger partial charge in [-0.3, -0.25) is 10.1 Å². The van der Waals surface area contributed by atoms with Gasteiger partial charge in [0.15, 0.2) is 19.0 Å². The highest BCUT2D eigenvalue weighted by atomic mass is 32.2. The maximum Gasteiger partial charge on any atom is 0.483 e. The Morgan fingerprint density at radius 2 is 1.75 bits per heavy atom. The molecule has 0 atom stereocenters. The first-order chi connectivity index (χ1) is 13.0. The Morgan fingerprint density at radius 3 is 2.29 bits per heavy atom. The lowest BCUT2D eigenvalue weighted by atomic mass is 10.2. The number of hydrogen-bond acceptors (Lipinski definition) is 8. The van der Waals surface area contributed by atoms with Crippen LogP contribution in [0.2, 0.25) is 0 Å². The van der Waals surface area contributed by atoms with Crippen LogP contribution in [0.4, 0.5) is 0 Å². The van der Waals surface area contributed by atoms with Crippen LogP contribution in [0.3, 0.4) is 0 Å². The molecule has 12 heteroatoms. The summed E-state index contributed by atoms with van der Waals surface area (Å²) in [5.41, 5.74) is -1.22. The van der Waals surface area contributed by atoms with Crippen LogP contribution in [-0.4, -0.2) is 56.0 Å². The van der Waals surface area contributed by atoms with Crippen molar-refractivity contribution in [3.63, 3.8) is 0 Å². The van der Waals surface area contributed by atoms with Crippen LogP contribution >= 0.6 is 0 Å². The molecular weight excluding hydrogens is 392 g/mol. The van der Waals surface area contributed by atoms with Crippen molar-refractivity contribution in [3.8, 4) is 0 Å². The SMILES string of the molecule is Cc1ccc(S(=O)(=O)NCCCN=[N+]([O-])C2([N+](=O)[O-])COC(C)(C)OC2)cc1. The van der Waals surface area contributed by atoms with Gasteiger partial charge in [-0.15, -0.1) is 0 Å². The van der Waals surface area contributed by atoms with Crippen LogP contribution in [0.1, 0.15) is 25.8 Å². The number of rotatable bonds is 8. The second-order valence-corrected chi connectivity index (χ2v) is 8.69. The molecule has 0 saturated carbocycles. The van der Waals surface area contributed by atoms with E-state index in [4.69, 9.17) is 9.47 Å². The summed E-state index contributed by atoms with van der Waals surface area (Å²) in [6.45, 7) is 4.01. The third-order valence-corrected chi connectivity index (χ3v) is 5.66. The number of benzene rings is 1. The molecule has 1 fully saturated rings. The van der Waals surface area contributed by atoms with E-state index in [1.165, 1.54) is 12.1 Å². The first-order valence-corrected chi connectivity index (χ1v) is 10.1. The molecule has 1 aliphatic heterocycles. The standard InChI is InChI=1S/C16H24N4O7S/c1-13-5-7-14(8-6-13)28(24,25)18-10-4-9-17-19(21)16(20(22)23)11-26-15(2,3)27-12-16/h5-8,18H,4,9-12H2,1-3H3. The molecule has 0 amide bonds. The first-order valence-electron chi connectivity index (χ1n) is 8.62. The van der Waals surface area contributed by atoms with E-state index >= 15 is 0 Å². The number of hydrogen-bond donors (Lipinski definition) is 1. The van der Waals surface area contributed by atoms with Gasteiger partial charge in [0.05, 0.1) is 4.90 Å². The average Bonchev–Trinajstić information content (AvgIpc) is 2.61. The topological polar surface area (TPSA) is 146 Å². The predicted molar refractivity (Wildman–Crippen MR) is 97.6 cm³/mol. The summed E-state index contributed by atoms with van der Waals surface area (Å²) in [7, 11) is -3.67. The van der Waals surface area contributed by atoms with Crippen molar-refractivity contribution in [2.45, 2.75) is 43.5 Å². The van der Waals surface area contributed by atoms with Gasteiger partial charge < -0.3 is 14.7 Å². The zero-order chi connectivity index (χ0) is 21.0. The van der Waals surface area contributed by atoms with Crippen molar-refractivity contribution in [2.24, 2.45) is 5.11 Å². The Balaban J connectivity index is 1.91. The third kappa shape index (κ3) is 5.22. The van der Waals surface area contributed by atoms with Gasteiger partial charge >= 0.3 is 5.66 Å². The lowest BCUT2D eigenvalue weighted by Gasteiger charge is -2.34. The normalized spacial score (nSPS) is 19.3. The second-order valence-electron chi connectivity index (χ2n) is 6.92. The quantitative estimate of drug-likeness (QED) is 0.168. The number of azo groups is 1. The molecule has 1 saturated heterocycles. The van der Waals surface area contributed by atoms with Crippen LogP contribution in [0.15, 0.2) is 34.3 Å². The van der Waals surface area contributed by atoms with Gasteiger partial charge in [-0.05, 0) is 49.3 Å². The van der Waals surface area contributed by atoms with E-state index in [1.807, 2.05) is 6.92 Å². The fourth-order valence-electron chi connectivity index (χ4n) is 2.33. The largest absolute Gasteiger partial charge is 0.594 e. The fourth-order valence-corrected chi connectivity index (χ4v) is 3.40. The average molecular weight is 416 g/mol. The highest BCUT2D eigenvalue weighted by molar-refractivity contribution is 7.89. The Bertz CT molecular complexity index is 827. The van der Waals surface area contributed by atoms with Crippen molar-refractivity contribution in [3.05, 3.63) is 45.2 Å². The number of nitrogens with zero attached hydrogens (tertiary/aromatic N) is 3. The lowest BCUT2D eigenvalue weighted by molar-refractivity contribution is -0.827. The van der Waals surface area contributed by atoms with Gasteiger partial charge in [-0.1, -0.05) is 17.7 Å². The summed E-state index contributed by atoms with van der Waals surface area (Å²) in [4.78, 5) is 10.7. The van der Waals surface area contributed by atoms with E-state index < -0.39 is 39.6 Å². The van der Waals surface area contributed by atoms with E-state index in [1.54, 1.807) is 26.0 Å². The van der Waals surface area contributed by atoms with Crippen LogP contribution in [0.25, 0.3) is 0 Å². The summed E-state index contributed by atoms with van der Waals surface area (Å²) in [5, 5.41) is 27.2. The maximum atomic E-state index is 12.2. The first kappa shape index (κ1) is 22.1. The molecule has 1 heterocycles. The highest BCUT2D eigenvalue weighted by Crippen LogP contribution is 2.26. The molecule has 11 nitrogen and oxygen atoms in total. The van der Waals surface area contributed by atoms with E-state index in [9.17, 15) is 23.7 Å². The molecule has 0 unspecified atom stereocenters. The van der Waals surface area contributed by atoms with Crippen molar-refractivity contribution >= 4 is 10.0 Å². The molecule has 0 aromatic heterocycles. The number of nitro groups is 1. The number of aryl methyl sites for hydroxylation is 1. The van der Waals surface area contributed by atoms with E-state index in [0.29, 0.717) is 0 Å². The Labute approximate surface area is 163 Å². The third-order valence-electron chi connectivity index (χ3n) is 4.18. The fraction of sp³-hybridized carbons (Fsp3) is 0.625. The maximum absolute atomic E-state index is 12.2. The van der Waals surface area contributed by atoms with Crippen LogP contribution in [-0.2, 0) is 19.5 Å². The van der Waals surface area contributed by atoms with Gasteiger partial charge in [0, 0.05) is 6.54 Å². The van der Waals surface area contributed by atoms with Crippen LogP contribution in [0, 0.1) is 22.2 Å². The highest BCUT2D eigenvalue weighted by Gasteiger charge is 2.59. The molecule has 28 heavy (non-hydrogen) atoms. The molecule has 1 N–H and O–H groups in total. The summed E-state index contributed by atoms with van der Waals surface area (Å²) in [6, 6.07) is 6.36. The van der Waals surface area contributed by atoms with Crippen molar-refractivity contribution in [2.75, 3.05) is 26.3 Å². The number of sulfonamides is 1. The minimum absolute atomic E-state index is 0.0172. The van der Waals surface area contributed by atoms with E-state index in [2.05, 4.69) is 9.84 Å². The van der Waals surface area contributed by atoms with Gasteiger partial charge in [-0.2, -0.15) is 0 Å². The van der Waals surface area contributed by atoms with Gasteiger partial charge in [-0.25, -0.2) is 13.1 Å². The molecular formula is C16H24N4O7S. The molecule has 1 aromatic rings. The summed E-state index contributed by atoms with van der Waals surface area (Å²) >= 11 is 0. The van der Waals surface area contributed by atoms with Gasteiger partial charge in [0.2, 0.25) is 10.0 Å². The second kappa shape index (κ2) is 8.47. The van der Waals surface area contributed by atoms with E-state index in [-0.39, 0.29) is 29.3 Å². The molecule has 1 aromatic carbocycles. The van der Waals surface area contributed by atoms with E-state index in [0.717, 1.165) is 5.56 Å². The molecule has 156 valence electrons. The molecule has 1 aliphatic rings. The van der Waals surface area contributed by atoms with Gasteiger partial charge in [0.1, 0.15) is 11.5 Å². The minimum Gasteiger partial charge on any atom is -0.594 e. The summed E-state index contributed by atoms with van der Waals surface area (Å²) in [5.74, 6) is -1.02. The Hall–Kier alpha value is -2.15. The number of nitrogens with one attached hydrogen (secondary N) is 1. The lowest BCUT2D eigenvalue weighted by Crippen LogP contribution is -2.60. The summed E-state index contributed by atoms with van der Waals surface area (Å²) < 4.78 is 37.2. The van der Waals surface area contributed by atoms with Crippen LogP contribution < -0.4 is 4.72 Å². The van der Waals surface area contributed by atoms with Gasteiger partial charge in [0.25, 0.3) is 0 Å². The smallest absolute Gasteiger partial charge is 0.483 e. The molecule has 0 radical (unpaired) electrons. The summed E-state index contributed by atoms with van der Waals surface area (Å²) in [6.07, 6.45) is 0.185. The Morgan fingerprint density at radius 1 is 1.18 bits per heavy atom. The number of ether oxygens (including phenoxy) is 2.